The van der Waals surface area contributed by atoms with Crippen molar-refractivity contribution in [2.75, 3.05) is 18.5 Å². The van der Waals surface area contributed by atoms with E-state index in [0.29, 0.717) is 13.0 Å². The van der Waals surface area contributed by atoms with Crippen LogP contribution in [-0.2, 0) is 19.7 Å². The second kappa shape index (κ2) is 7.42. The minimum absolute atomic E-state index is 0.0554. The quantitative estimate of drug-likeness (QED) is 0.403. The number of amides is 1. The zero-order valence-electron chi connectivity index (χ0n) is 13.9. The Morgan fingerprint density at radius 3 is 2.75 bits per heavy atom. The van der Waals surface area contributed by atoms with Crippen molar-refractivity contribution in [3.63, 3.8) is 0 Å². The Morgan fingerprint density at radius 2 is 2.12 bits per heavy atom. The van der Waals surface area contributed by atoms with E-state index >= 15 is 0 Å². The molecule has 1 aliphatic rings. The van der Waals surface area contributed by atoms with E-state index in [4.69, 9.17) is 9.26 Å². The predicted molar refractivity (Wildman–Crippen MR) is 86.8 cm³/mol. The number of ketones is 1. The number of alkyl halides is 1. The van der Waals surface area contributed by atoms with Crippen LogP contribution in [0.15, 0.2) is 4.52 Å². The van der Waals surface area contributed by atoms with Gasteiger partial charge in [-0.05, 0) is 26.7 Å². The number of halogens is 1. The number of ether oxygens (including phenoxy) is 1. The molecule has 0 spiro atoms. The third-order valence-electron chi connectivity index (χ3n) is 3.85. The molecule has 8 nitrogen and oxygen atoms in total. The van der Waals surface area contributed by atoms with Gasteiger partial charge < -0.3 is 14.2 Å². The van der Waals surface area contributed by atoms with Crippen LogP contribution in [0.1, 0.15) is 50.1 Å². The van der Waals surface area contributed by atoms with E-state index in [1.54, 1.807) is 13.8 Å². The topological polar surface area (TPSA) is 103 Å². The van der Waals surface area contributed by atoms with Crippen LogP contribution < -0.4 is 0 Å². The number of aromatic nitrogens is 2. The van der Waals surface area contributed by atoms with Crippen LogP contribution in [0, 0.1) is 0 Å². The summed E-state index contributed by atoms with van der Waals surface area (Å²) in [7, 11) is 0. The summed E-state index contributed by atoms with van der Waals surface area (Å²) in [6.45, 7) is 5.47. The average molecular weight is 402 g/mol. The van der Waals surface area contributed by atoms with E-state index < -0.39 is 17.4 Å². The first kappa shape index (κ1) is 18.6. The maximum absolute atomic E-state index is 12.6. The monoisotopic (exact) mass is 401 g/mol. The molecule has 0 aromatic carbocycles. The van der Waals surface area contributed by atoms with Crippen LogP contribution in [0.25, 0.3) is 0 Å². The van der Waals surface area contributed by atoms with Crippen molar-refractivity contribution < 1.29 is 23.6 Å². The van der Waals surface area contributed by atoms with E-state index in [1.165, 1.54) is 11.8 Å². The minimum Gasteiger partial charge on any atom is -0.465 e. The summed E-state index contributed by atoms with van der Waals surface area (Å²) < 4.78 is 10.2. The molecule has 0 saturated carbocycles. The van der Waals surface area contributed by atoms with E-state index in [9.17, 15) is 14.4 Å². The molecule has 1 atom stereocenters. The van der Waals surface area contributed by atoms with Gasteiger partial charge in [0.25, 0.3) is 0 Å². The van der Waals surface area contributed by atoms with Crippen molar-refractivity contribution in [3.8, 4) is 0 Å². The lowest BCUT2D eigenvalue weighted by molar-refractivity contribution is -0.142. The van der Waals surface area contributed by atoms with E-state index in [-0.39, 0.29) is 35.3 Å². The first-order chi connectivity index (χ1) is 11.3. The maximum atomic E-state index is 12.6. The van der Waals surface area contributed by atoms with Gasteiger partial charge in [-0.2, -0.15) is 4.98 Å². The van der Waals surface area contributed by atoms with Gasteiger partial charge in [0.05, 0.1) is 16.8 Å². The number of hydrogen-bond acceptors (Lipinski definition) is 7. The summed E-state index contributed by atoms with van der Waals surface area (Å²) >= 11 is 3.12. The molecule has 2 heterocycles. The fourth-order valence-electron chi connectivity index (χ4n) is 2.51. The number of nitrogens with zero attached hydrogens (tertiary/aromatic N) is 3. The van der Waals surface area contributed by atoms with Gasteiger partial charge in [-0.25, -0.2) is 0 Å². The molecule has 1 saturated heterocycles. The molecule has 1 aromatic rings. The fourth-order valence-corrected chi connectivity index (χ4v) is 2.83. The highest BCUT2D eigenvalue weighted by atomic mass is 79.9. The summed E-state index contributed by atoms with van der Waals surface area (Å²) in [4.78, 5) is 41.1. The van der Waals surface area contributed by atoms with Crippen LogP contribution in [0.2, 0.25) is 0 Å². The second-order valence-corrected chi connectivity index (χ2v) is 6.89. The van der Waals surface area contributed by atoms with Crippen molar-refractivity contribution >= 4 is 33.6 Å². The van der Waals surface area contributed by atoms with Crippen LogP contribution in [-0.4, -0.2) is 57.2 Å². The second-order valence-electron chi connectivity index (χ2n) is 6.33. The molecule has 1 amide bonds. The van der Waals surface area contributed by atoms with Crippen LogP contribution in [0.5, 0.6) is 0 Å². The fraction of sp³-hybridized carbons (Fsp3) is 0.667. The Hall–Kier alpha value is -1.77. The zero-order valence-corrected chi connectivity index (χ0v) is 15.5. The molecular formula is C15H20BrN3O5. The van der Waals surface area contributed by atoms with Crippen LogP contribution in [0.3, 0.4) is 0 Å². The Labute approximate surface area is 148 Å². The molecule has 9 heteroatoms. The molecular weight excluding hydrogens is 382 g/mol. The van der Waals surface area contributed by atoms with Gasteiger partial charge >= 0.3 is 5.97 Å². The standard InChI is InChI=1S/C15H20BrN3O5/c1-9(20)23-8-15(2,3)14-17-13(18-24-14)12(22)10-5-4-6-19(10)11(21)7-16/h10H,4-8H2,1-3H3/t10-/m0/s1. The maximum Gasteiger partial charge on any atom is 0.302 e. The molecule has 1 aromatic heterocycles. The summed E-state index contributed by atoms with van der Waals surface area (Å²) in [5.41, 5.74) is -0.710. The Morgan fingerprint density at radius 1 is 1.42 bits per heavy atom. The largest absolute Gasteiger partial charge is 0.465 e. The average Bonchev–Trinajstić information content (AvgIpc) is 3.21. The summed E-state index contributed by atoms with van der Waals surface area (Å²) in [6, 6.07) is -0.558. The molecule has 24 heavy (non-hydrogen) atoms. The van der Waals surface area contributed by atoms with E-state index in [0.717, 1.165) is 6.42 Å². The predicted octanol–water partition coefficient (Wildman–Crippen LogP) is 1.48. The van der Waals surface area contributed by atoms with Gasteiger partial charge in [0.15, 0.2) is 0 Å². The summed E-state index contributed by atoms with van der Waals surface area (Å²) in [5.74, 6) is -0.720. The number of esters is 1. The van der Waals surface area contributed by atoms with Gasteiger partial charge in [-0.1, -0.05) is 21.1 Å². The highest BCUT2D eigenvalue weighted by Crippen LogP contribution is 2.24. The number of rotatable bonds is 6. The third-order valence-corrected chi connectivity index (χ3v) is 4.33. The molecule has 2 rings (SSSR count). The molecule has 132 valence electrons. The van der Waals surface area contributed by atoms with Gasteiger partial charge in [-0.3, -0.25) is 14.4 Å². The minimum atomic E-state index is -0.710. The number of hydrogen-bond donors (Lipinski definition) is 0. The van der Waals surface area contributed by atoms with Gasteiger partial charge in [0.1, 0.15) is 6.61 Å². The first-order valence-electron chi connectivity index (χ1n) is 7.63. The highest BCUT2D eigenvalue weighted by molar-refractivity contribution is 9.09. The highest BCUT2D eigenvalue weighted by Gasteiger charge is 2.37. The molecule has 1 fully saturated rings. The summed E-state index contributed by atoms with van der Waals surface area (Å²) in [5, 5.41) is 3.92. The van der Waals surface area contributed by atoms with Crippen LogP contribution >= 0.6 is 15.9 Å². The van der Waals surface area contributed by atoms with Crippen molar-refractivity contribution in [2.45, 2.75) is 45.1 Å². The molecule has 0 bridgehead atoms. The normalized spacial score (nSPS) is 17.8. The van der Waals surface area contributed by atoms with Gasteiger partial charge in [0, 0.05) is 13.5 Å². The van der Waals surface area contributed by atoms with Gasteiger partial charge in [-0.15, -0.1) is 0 Å². The lowest BCUT2D eigenvalue weighted by Crippen LogP contribution is -2.41. The number of Topliss-reactive ketones (excluding diaryl/α,β-unsaturated/α-hetero) is 1. The Kier molecular flexibility index (Phi) is 5.74. The number of carbonyl (C=O) groups is 3. The molecule has 1 aliphatic heterocycles. The smallest absolute Gasteiger partial charge is 0.302 e. The van der Waals surface area contributed by atoms with E-state index in [2.05, 4.69) is 26.1 Å². The molecule has 0 radical (unpaired) electrons. The Balaban J connectivity index is 2.13. The lowest BCUT2D eigenvalue weighted by atomic mass is 9.95. The SMILES string of the molecule is CC(=O)OCC(C)(C)c1nc(C(=O)[C@@H]2CCCN2C(=O)CBr)no1. The number of carbonyl (C=O) groups excluding carboxylic acids is 3. The lowest BCUT2D eigenvalue weighted by Gasteiger charge is -2.21. The molecule has 0 aliphatic carbocycles. The third kappa shape index (κ3) is 4.00. The van der Waals surface area contributed by atoms with Crippen LogP contribution in [0.4, 0.5) is 0 Å². The number of likely N-dealkylation sites (tertiary alicyclic amines) is 1. The van der Waals surface area contributed by atoms with Crippen molar-refractivity contribution in [1.29, 1.82) is 0 Å². The zero-order chi connectivity index (χ0) is 17.9. The summed E-state index contributed by atoms with van der Waals surface area (Å²) in [6.07, 6.45) is 1.34. The first-order valence-corrected chi connectivity index (χ1v) is 8.75. The van der Waals surface area contributed by atoms with E-state index in [1.807, 2.05) is 0 Å². The molecule has 0 unspecified atom stereocenters. The molecule has 0 N–H and O–H groups in total. The van der Waals surface area contributed by atoms with Gasteiger partial charge in [0.2, 0.25) is 23.4 Å². The van der Waals surface area contributed by atoms with Crippen molar-refractivity contribution in [2.24, 2.45) is 0 Å². The van der Waals surface area contributed by atoms with Crippen molar-refractivity contribution in [3.05, 3.63) is 11.7 Å². The van der Waals surface area contributed by atoms with Crippen molar-refractivity contribution in [1.82, 2.24) is 15.0 Å². The Bertz CT molecular complexity index is 643.